The van der Waals surface area contributed by atoms with Gasteiger partial charge in [0.05, 0.1) is 6.54 Å². The molecule has 0 aliphatic carbocycles. The highest BCUT2D eigenvalue weighted by Crippen LogP contribution is 2.15. The Morgan fingerprint density at radius 2 is 2.06 bits per heavy atom. The first-order valence-corrected chi connectivity index (χ1v) is 5.46. The lowest BCUT2D eigenvalue weighted by Crippen LogP contribution is -2.29. The molecule has 2 rings (SSSR count). The number of hydrogen-bond acceptors (Lipinski definition) is 2. The molecular formula is C13H15NO2. The topological polar surface area (TPSA) is 37.4 Å². The van der Waals surface area contributed by atoms with Gasteiger partial charge in [-0.05, 0) is 25.5 Å². The number of hydrogen-bond donors (Lipinski definition) is 0. The van der Waals surface area contributed by atoms with Crippen LogP contribution in [0.2, 0.25) is 0 Å². The molecule has 0 radical (unpaired) electrons. The first kappa shape index (κ1) is 10.9. The normalized spacial score (nSPS) is 15.6. The molecule has 0 unspecified atom stereocenters. The summed E-state index contributed by atoms with van der Waals surface area (Å²) in [6.07, 6.45) is 0.497. The maximum Gasteiger partial charge on any atom is 0.254 e. The molecule has 1 aliphatic rings. The van der Waals surface area contributed by atoms with Crippen molar-refractivity contribution < 1.29 is 9.59 Å². The Balaban J connectivity index is 2.24. The van der Waals surface area contributed by atoms with E-state index in [0.29, 0.717) is 18.5 Å². The van der Waals surface area contributed by atoms with Crippen molar-refractivity contribution in [3.05, 3.63) is 34.9 Å². The van der Waals surface area contributed by atoms with Gasteiger partial charge in [-0.25, -0.2) is 0 Å². The number of carbonyl (C=O) groups excluding carboxylic acids is 2. The third-order valence-electron chi connectivity index (χ3n) is 2.93. The zero-order chi connectivity index (χ0) is 11.7. The van der Waals surface area contributed by atoms with Crippen molar-refractivity contribution in [1.82, 2.24) is 4.90 Å². The van der Waals surface area contributed by atoms with E-state index in [2.05, 4.69) is 0 Å². The summed E-state index contributed by atoms with van der Waals surface area (Å²) >= 11 is 0. The molecule has 0 N–H and O–H groups in total. The van der Waals surface area contributed by atoms with Crippen molar-refractivity contribution in [1.29, 1.82) is 0 Å². The molecule has 0 spiro atoms. The molecule has 1 amide bonds. The van der Waals surface area contributed by atoms with Gasteiger partial charge in [0.2, 0.25) is 0 Å². The lowest BCUT2D eigenvalue weighted by Gasteiger charge is -2.15. The highest BCUT2D eigenvalue weighted by Gasteiger charge is 2.25. The van der Waals surface area contributed by atoms with Crippen LogP contribution in [0, 0.1) is 13.8 Å². The molecule has 84 valence electrons. The Morgan fingerprint density at radius 3 is 2.62 bits per heavy atom. The lowest BCUT2D eigenvalue weighted by molar-refractivity contribution is -0.116. The summed E-state index contributed by atoms with van der Waals surface area (Å²) in [6.45, 7) is 4.76. The molecule has 3 heteroatoms. The largest absolute Gasteiger partial charge is 0.331 e. The molecule has 1 aromatic carbocycles. The van der Waals surface area contributed by atoms with E-state index in [0.717, 1.165) is 11.1 Å². The number of amides is 1. The van der Waals surface area contributed by atoms with Gasteiger partial charge >= 0.3 is 0 Å². The number of nitrogens with zero attached hydrogens (tertiary/aromatic N) is 1. The lowest BCUT2D eigenvalue weighted by atomic mass is 10.0. The first-order valence-electron chi connectivity index (χ1n) is 5.46. The van der Waals surface area contributed by atoms with E-state index in [-0.39, 0.29) is 18.2 Å². The predicted molar refractivity (Wildman–Crippen MR) is 61.4 cm³/mol. The van der Waals surface area contributed by atoms with E-state index >= 15 is 0 Å². The van der Waals surface area contributed by atoms with E-state index in [4.69, 9.17) is 0 Å². The SMILES string of the molecule is Cc1ccc(C(=O)N2CCC(=O)C2)c(C)c1. The van der Waals surface area contributed by atoms with Gasteiger partial charge < -0.3 is 4.90 Å². The van der Waals surface area contributed by atoms with Gasteiger partial charge in [-0.1, -0.05) is 17.7 Å². The van der Waals surface area contributed by atoms with Crippen molar-refractivity contribution in [2.24, 2.45) is 0 Å². The van der Waals surface area contributed by atoms with Crippen LogP contribution in [0.4, 0.5) is 0 Å². The fourth-order valence-electron chi connectivity index (χ4n) is 2.03. The molecule has 0 atom stereocenters. The van der Waals surface area contributed by atoms with Gasteiger partial charge in [-0.15, -0.1) is 0 Å². The van der Waals surface area contributed by atoms with Gasteiger partial charge in [0.1, 0.15) is 0 Å². The fourth-order valence-corrected chi connectivity index (χ4v) is 2.03. The molecule has 1 heterocycles. The number of ketones is 1. The summed E-state index contributed by atoms with van der Waals surface area (Å²) in [5.74, 6) is 0.126. The maximum atomic E-state index is 12.1. The van der Waals surface area contributed by atoms with Gasteiger partial charge in [0.15, 0.2) is 5.78 Å². The van der Waals surface area contributed by atoms with Crippen LogP contribution in [0.5, 0.6) is 0 Å². The highest BCUT2D eigenvalue weighted by atomic mass is 16.2. The summed E-state index contributed by atoms with van der Waals surface area (Å²) < 4.78 is 0. The van der Waals surface area contributed by atoms with E-state index in [1.54, 1.807) is 4.90 Å². The second-order valence-electron chi connectivity index (χ2n) is 4.33. The number of aryl methyl sites for hydroxylation is 2. The molecule has 3 nitrogen and oxygen atoms in total. The maximum absolute atomic E-state index is 12.1. The minimum atomic E-state index is -0.0247. The van der Waals surface area contributed by atoms with E-state index in [1.807, 2.05) is 32.0 Å². The molecule has 1 saturated heterocycles. The molecule has 16 heavy (non-hydrogen) atoms. The average Bonchev–Trinajstić information content (AvgIpc) is 2.64. The third kappa shape index (κ3) is 1.98. The van der Waals surface area contributed by atoms with Gasteiger partial charge in [-0.3, -0.25) is 9.59 Å². The number of Topliss-reactive ketones (excluding diaryl/α,β-unsaturated/α-hetero) is 1. The molecule has 0 saturated carbocycles. The molecule has 1 aliphatic heterocycles. The molecule has 0 bridgehead atoms. The predicted octanol–water partition coefficient (Wildman–Crippen LogP) is 1.72. The molecule has 1 aromatic rings. The van der Waals surface area contributed by atoms with Crippen molar-refractivity contribution >= 4 is 11.7 Å². The Hall–Kier alpha value is -1.64. The van der Waals surface area contributed by atoms with Crippen LogP contribution in [0.15, 0.2) is 18.2 Å². The summed E-state index contributed by atoms with van der Waals surface area (Å²) in [4.78, 5) is 24.9. The van der Waals surface area contributed by atoms with Crippen molar-refractivity contribution in [3.63, 3.8) is 0 Å². The van der Waals surface area contributed by atoms with E-state index in [1.165, 1.54) is 0 Å². The molecular weight excluding hydrogens is 202 g/mol. The standard InChI is InChI=1S/C13H15NO2/c1-9-3-4-12(10(2)7-9)13(16)14-6-5-11(15)8-14/h3-4,7H,5-6,8H2,1-2H3. The van der Waals surface area contributed by atoms with Crippen molar-refractivity contribution in [2.75, 3.05) is 13.1 Å². The minimum absolute atomic E-state index is 0.0247. The van der Waals surface area contributed by atoms with Crippen LogP contribution >= 0.6 is 0 Å². The zero-order valence-electron chi connectivity index (χ0n) is 9.62. The number of carbonyl (C=O) groups is 2. The van der Waals surface area contributed by atoms with Crippen molar-refractivity contribution in [3.8, 4) is 0 Å². The van der Waals surface area contributed by atoms with Crippen LogP contribution in [0.25, 0.3) is 0 Å². The Morgan fingerprint density at radius 1 is 1.31 bits per heavy atom. The highest BCUT2D eigenvalue weighted by molar-refractivity contribution is 5.99. The quantitative estimate of drug-likeness (QED) is 0.718. The van der Waals surface area contributed by atoms with Crippen LogP contribution in [-0.2, 0) is 4.79 Å². The van der Waals surface area contributed by atoms with E-state index in [9.17, 15) is 9.59 Å². The van der Waals surface area contributed by atoms with Crippen LogP contribution in [0.1, 0.15) is 27.9 Å². The van der Waals surface area contributed by atoms with Crippen molar-refractivity contribution in [2.45, 2.75) is 20.3 Å². The second-order valence-corrected chi connectivity index (χ2v) is 4.33. The summed E-state index contributed by atoms with van der Waals surface area (Å²) in [6, 6.07) is 5.76. The van der Waals surface area contributed by atoms with Crippen LogP contribution in [0.3, 0.4) is 0 Å². The zero-order valence-corrected chi connectivity index (χ0v) is 9.62. The van der Waals surface area contributed by atoms with Crippen LogP contribution in [-0.4, -0.2) is 29.7 Å². The van der Waals surface area contributed by atoms with Gasteiger partial charge in [-0.2, -0.15) is 0 Å². The first-order chi connectivity index (χ1) is 7.58. The number of rotatable bonds is 1. The van der Waals surface area contributed by atoms with Gasteiger partial charge in [0, 0.05) is 18.5 Å². The van der Waals surface area contributed by atoms with E-state index < -0.39 is 0 Å². The fraction of sp³-hybridized carbons (Fsp3) is 0.385. The second kappa shape index (κ2) is 4.08. The monoisotopic (exact) mass is 217 g/mol. The molecule has 1 fully saturated rings. The Bertz CT molecular complexity index is 451. The Kier molecular flexibility index (Phi) is 2.77. The summed E-state index contributed by atoms with van der Waals surface area (Å²) in [5, 5.41) is 0. The number of benzene rings is 1. The van der Waals surface area contributed by atoms with Crippen LogP contribution < -0.4 is 0 Å². The third-order valence-corrected chi connectivity index (χ3v) is 2.93. The minimum Gasteiger partial charge on any atom is -0.331 e. The Labute approximate surface area is 95.1 Å². The van der Waals surface area contributed by atoms with Gasteiger partial charge in [0.25, 0.3) is 5.91 Å². The average molecular weight is 217 g/mol. The molecule has 0 aromatic heterocycles. The number of likely N-dealkylation sites (tertiary alicyclic amines) is 1. The summed E-state index contributed by atoms with van der Waals surface area (Å²) in [5.41, 5.74) is 2.83. The summed E-state index contributed by atoms with van der Waals surface area (Å²) in [7, 11) is 0. The smallest absolute Gasteiger partial charge is 0.254 e.